The second kappa shape index (κ2) is 7.33. The molecule has 0 saturated carbocycles. The Hall–Kier alpha value is -0.970. The summed E-state index contributed by atoms with van der Waals surface area (Å²) in [6.07, 6.45) is 6.99. The number of hydrogen-bond donors (Lipinski definition) is 2. The number of alkyl halides is 1. The number of allylic oxidation sites excluding steroid dienone is 3. The Morgan fingerprint density at radius 1 is 1.38 bits per heavy atom. The molecular formula is C11H18BrN3O. The van der Waals surface area contributed by atoms with Gasteiger partial charge in [0.05, 0.1) is 18.9 Å². The van der Waals surface area contributed by atoms with Gasteiger partial charge in [-0.3, -0.25) is 0 Å². The standard InChI is InChI=1S/C11H18BrN3O/c12-6-1-7-16-10-4-2-9(3-5-10)8-15-11(13)14/h2,4H,1,3,5-8H2,(H4,13,14,15). The van der Waals surface area contributed by atoms with Crippen LogP contribution in [0.3, 0.4) is 0 Å². The average Bonchev–Trinajstić information content (AvgIpc) is 2.28. The Kier molecular flexibility index (Phi) is 6.00. The Morgan fingerprint density at radius 3 is 2.75 bits per heavy atom. The minimum atomic E-state index is 0.143. The van der Waals surface area contributed by atoms with Gasteiger partial charge in [-0.05, 0) is 24.5 Å². The van der Waals surface area contributed by atoms with Crippen molar-refractivity contribution in [3.63, 3.8) is 0 Å². The fourth-order valence-corrected chi connectivity index (χ4v) is 1.59. The van der Waals surface area contributed by atoms with Crippen LogP contribution in [-0.4, -0.2) is 24.4 Å². The van der Waals surface area contributed by atoms with Gasteiger partial charge in [0.15, 0.2) is 5.96 Å². The number of hydrogen-bond acceptors (Lipinski definition) is 2. The molecule has 1 aliphatic carbocycles. The van der Waals surface area contributed by atoms with E-state index in [4.69, 9.17) is 16.2 Å². The number of guanidine groups is 1. The van der Waals surface area contributed by atoms with Crippen molar-refractivity contribution in [2.75, 3.05) is 18.5 Å². The first-order chi connectivity index (χ1) is 7.72. The lowest BCUT2D eigenvalue weighted by atomic mass is 10.0. The normalized spacial score (nSPS) is 15.1. The molecule has 0 saturated heterocycles. The molecule has 16 heavy (non-hydrogen) atoms. The van der Waals surface area contributed by atoms with Crippen LogP contribution in [0.4, 0.5) is 0 Å². The molecule has 5 heteroatoms. The number of nitrogens with zero attached hydrogens (tertiary/aromatic N) is 1. The lowest BCUT2D eigenvalue weighted by molar-refractivity contribution is 0.202. The van der Waals surface area contributed by atoms with E-state index in [0.29, 0.717) is 6.54 Å². The molecule has 0 aliphatic heterocycles. The first-order valence-corrected chi connectivity index (χ1v) is 6.47. The van der Waals surface area contributed by atoms with Gasteiger partial charge in [0.1, 0.15) is 0 Å². The summed E-state index contributed by atoms with van der Waals surface area (Å²) < 4.78 is 5.60. The van der Waals surface area contributed by atoms with Gasteiger partial charge in [-0.1, -0.05) is 22.0 Å². The van der Waals surface area contributed by atoms with Crippen LogP contribution in [0.25, 0.3) is 0 Å². The van der Waals surface area contributed by atoms with Crippen LogP contribution in [0.5, 0.6) is 0 Å². The van der Waals surface area contributed by atoms with Crippen molar-refractivity contribution < 1.29 is 4.74 Å². The van der Waals surface area contributed by atoms with Crippen LogP contribution in [0, 0.1) is 0 Å². The number of nitrogens with two attached hydrogens (primary N) is 2. The van der Waals surface area contributed by atoms with Crippen molar-refractivity contribution >= 4 is 21.9 Å². The van der Waals surface area contributed by atoms with Crippen LogP contribution < -0.4 is 11.5 Å². The van der Waals surface area contributed by atoms with Crippen molar-refractivity contribution in [3.05, 3.63) is 23.5 Å². The van der Waals surface area contributed by atoms with Gasteiger partial charge in [0.25, 0.3) is 0 Å². The zero-order chi connectivity index (χ0) is 11.8. The maximum absolute atomic E-state index is 5.60. The summed E-state index contributed by atoms with van der Waals surface area (Å²) in [6, 6.07) is 0. The SMILES string of the molecule is NC(N)=NCC1=CC=C(OCCCBr)CC1. The lowest BCUT2D eigenvalue weighted by Crippen LogP contribution is -2.23. The monoisotopic (exact) mass is 287 g/mol. The van der Waals surface area contributed by atoms with E-state index in [-0.39, 0.29) is 5.96 Å². The second-order valence-corrected chi connectivity index (χ2v) is 4.38. The second-order valence-electron chi connectivity index (χ2n) is 3.59. The predicted octanol–water partition coefficient (Wildman–Crippen LogP) is 1.67. The number of rotatable bonds is 6. The molecule has 0 unspecified atom stereocenters. The first-order valence-electron chi connectivity index (χ1n) is 5.35. The topological polar surface area (TPSA) is 73.6 Å². The molecule has 1 rings (SSSR count). The maximum Gasteiger partial charge on any atom is 0.186 e. The summed E-state index contributed by atoms with van der Waals surface area (Å²) in [6.45, 7) is 1.36. The highest BCUT2D eigenvalue weighted by Crippen LogP contribution is 2.19. The molecule has 1 aliphatic rings. The lowest BCUT2D eigenvalue weighted by Gasteiger charge is -2.14. The molecular weight excluding hydrogens is 270 g/mol. The molecule has 4 nitrogen and oxygen atoms in total. The Labute approximate surface area is 105 Å². The zero-order valence-electron chi connectivity index (χ0n) is 9.29. The van der Waals surface area contributed by atoms with E-state index < -0.39 is 0 Å². The summed E-state index contributed by atoms with van der Waals surface area (Å²) in [7, 11) is 0. The largest absolute Gasteiger partial charge is 0.498 e. The number of aliphatic imine (C=N–C) groups is 1. The van der Waals surface area contributed by atoms with Gasteiger partial charge in [0.2, 0.25) is 0 Å². The van der Waals surface area contributed by atoms with Crippen molar-refractivity contribution in [3.8, 4) is 0 Å². The summed E-state index contributed by atoms with van der Waals surface area (Å²) in [4.78, 5) is 3.98. The van der Waals surface area contributed by atoms with Crippen molar-refractivity contribution in [1.82, 2.24) is 0 Å². The van der Waals surface area contributed by atoms with E-state index >= 15 is 0 Å². The molecule has 0 amide bonds. The van der Waals surface area contributed by atoms with E-state index in [1.807, 2.05) is 12.2 Å². The predicted molar refractivity (Wildman–Crippen MR) is 70.4 cm³/mol. The third-order valence-electron chi connectivity index (χ3n) is 2.23. The fourth-order valence-electron chi connectivity index (χ4n) is 1.36. The van der Waals surface area contributed by atoms with E-state index in [9.17, 15) is 0 Å². The summed E-state index contributed by atoms with van der Waals surface area (Å²) in [5, 5.41) is 0.978. The Balaban J connectivity index is 2.35. The molecule has 0 aromatic heterocycles. The quantitative estimate of drug-likeness (QED) is 0.338. The van der Waals surface area contributed by atoms with Crippen LogP contribution in [0.1, 0.15) is 19.3 Å². The highest BCUT2D eigenvalue weighted by molar-refractivity contribution is 9.09. The van der Waals surface area contributed by atoms with E-state index in [2.05, 4.69) is 20.9 Å². The molecule has 4 N–H and O–H groups in total. The summed E-state index contributed by atoms with van der Waals surface area (Å²) in [5.74, 6) is 1.19. The average molecular weight is 288 g/mol. The molecule has 0 bridgehead atoms. The Bertz CT molecular complexity index is 306. The smallest absolute Gasteiger partial charge is 0.186 e. The van der Waals surface area contributed by atoms with Gasteiger partial charge in [0, 0.05) is 11.8 Å². The van der Waals surface area contributed by atoms with Gasteiger partial charge >= 0.3 is 0 Å². The molecule has 0 fully saturated rings. The molecule has 0 aromatic carbocycles. The highest BCUT2D eigenvalue weighted by Gasteiger charge is 2.06. The highest BCUT2D eigenvalue weighted by atomic mass is 79.9. The molecule has 90 valence electrons. The van der Waals surface area contributed by atoms with Crippen molar-refractivity contribution in [2.45, 2.75) is 19.3 Å². The van der Waals surface area contributed by atoms with Gasteiger partial charge in [-0.25, -0.2) is 4.99 Å². The maximum atomic E-state index is 5.60. The van der Waals surface area contributed by atoms with E-state index in [0.717, 1.165) is 37.0 Å². The zero-order valence-corrected chi connectivity index (χ0v) is 10.9. The third kappa shape index (κ3) is 5.21. The molecule has 0 radical (unpaired) electrons. The Morgan fingerprint density at radius 2 is 2.19 bits per heavy atom. The summed E-state index contributed by atoms with van der Waals surface area (Å²) in [5.41, 5.74) is 11.8. The molecule has 0 heterocycles. The van der Waals surface area contributed by atoms with Crippen LogP contribution >= 0.6 is 15.9 Å². The van der Waals surface area contributed by atoms with Crippen LogP contribution in [-0.2, 0) is 4.74 Å². The van der Waals surface area contributed by atoms with Crippen LogP contribution in [0.15, 0.2) is 28.5 Å². The number of ether oxygens (including phenoxy) is 1. The third-order valence-corrected chi connectivity index (χ3v) is 2.79. The molecule has 0 atom stereocenters. The van der Waals surface area contributed by atoms with Crippen LogP contribution in [0.2, 0.25) is 0 Å². The van der Waals surface area contributed by atoms with Gasteiger partial charge in [-0.2, -0.15) is 0 Å². The minimum absolute atomic E-state index is 0.143. The fraction of sp³-hybridized carbons (Fsp3) is 0.545. The molecule has 0 aromatic rings. The molecule has 0 spiro atoms. The van der Waals surface area contributed by atoms with Gasteiger partial charge in [-0.15, -0.1) is 0 Å². The van der Waals surface area contributed by atoms with Crippen molar-refractivity contribution in [2.24, 2.45) is 16.5 Å². The van der Waals surface area contributed by atoms with E-state index in [1.165, 1.54) is 5.57 Å². The summed E-state index contributed by atoms with van der Waals surface area (Å²) >= 11 is 3.37. The van der Waals surface area contributed by atoms with Crippen molar-refractivity contribution in [1.29, 1.82) is 0 Å². The first kappa shape index (κ1) is 13.1. The minimum Gasteiger partial charge on any atom is -0.498 e. The van der Waals surface area contributed by atoms with E-state index in [1.54, 1.807) is 0 Å². The van der Waals surface area contributed by atoms with Gasteiger partial charge < -0.3 is 16.2 Å². The number of halogens is 1.